The Kier molecular flexibility index (Phi) is 4.95. The first-order chi connectivity index (χ1) is 7.15. The summed E-state index contributed by atoms with van der Waals surface area (Å²) >= 11 is 4.47. The second-order valence-electron chi connectivity index (χ2n) is 4.87. The predicted octanol–water partition coefficient (Wildman–Crippen LogP) is 2.57. The summed E-state index contributed by atoms with van der Waals surface area (Å²) in [5.74, 6) is 1.13. The van der Waals surface area contributed by atoms with Crippen LogP contribution in [-0.4, -0.2) is 30.3 Å². The van der Waals surface area contributed by atoms with Crippen molar-refractivity contribution in [2.45, 2.75) is 33.1 Å². The Hall–Kier alpha value is -0.200. The predicted molar refractivity (Wildman–Crippen MR) is 67.0 cm³/mol. The van der Waals surface area contributed by atoms with Crippen LogP contribution in [0.1, 0.15) is 33.1 Å². The van der Waals surface area contributed by atoms with Crippen molar-refractivity contribution in [3.8, 4) is 6.07 Å². The highest BCUT2D eigenvalue weighted by molar-refractivity contribution is 7.80. The normalized spacial score (nSPS) is 20.7. The molecule has 0 aromatic rings. The average Bonchev–Trinajstić information content (AvgIpc) is 2.21. The van der Waals surface area contributed by atoms with Gasteiger partial charge in [-0.3, -0.25) is 0 Å². The largest absolute Gasteiger partial charge is 0.302 e. The molecule has 15 heavy (non-hydrogen) atoms. The SMILES string of the molecule is CCN(CC(C)C#N)CC1(CS)CCC1. The standard InChI is InChI=1S/C12H22N2S/c1-3-14(8-11(2)7-13)9-12(10-15)5-4-6-12/h11,15H,3-6,8-10H2,1-2H3. The van der Waals surface area contributed by atoms with Crippen LogP contribution in [0.4, 0.5) is 0 Å². The van der Waals surface area contributed by atoms with E-state index in [2.05, 4.69) is 30.5 Å². The van der Waals surface area contributed by atoms with E-state index in [1.165, 1.54) is 19.3 Å². The lowest BCUT2D eigenvalue weighted by molar-refractivity contribution is 0.0891. The molecule has 0 aliphatic heterocycles. The molecule has 1 aliphatic rings. The summed E-state index contributed by atoms with van der Waals surface area (Å²) in [6.07, 6.45) is 3.98. The van der Waals surface area contributed by atoms with Crippen molar-refractivity contribution in [3.05, 3.63) is 0 Å². The molecule has 2 nitrogen and oxygen atoms in total. The molecule has 1 fully saturated rings. The lowest BCUT2D eigenvalue weighted by Gasteiger charge is -2.44. The van der Waals surface area contributed by atoms with Gasteiger partial charge in [-0.2, -0.15) is 17.9 Å². The van der Waals surface area contributed by atoms with Crippen LogP contribution in [0.25, 0.3) is 0 Å². The highest BCUT2D eigenvalue weighted by Crippen LogP contribution is 2.42. The third-order valence-electron chi connectivity index (χ3n) is 3.51. The van der Waals surface area contributed by atoms with Crippen LogP contribution < -0.4 is 0 Å². The van der Waals surface area contributed by atoms with Crippen molar-refractivity contribution in [2.24, 2.45) is 11.3 Å². The second kappa shape index (κ2) is 5.77. The molecule has 0 amide bonds. The minimum atomic E-state index is 0.141. The van der Waals surface area contributed by atoms with Gasteiger partial charge in [-0.05, 0) is 37.5 Å². The first-order valence-corrected chi connectivity index (χ1v) is 6.52. The maximum atomic E-state index is 8.81. The smallest absolute Gasteiger partial charge is 0.0666 e. The number of hydrogen-bond acceptors (Lipinski definition) is 3. The monoisotopic (exact) mass is 226 g/mol. The summed E-state index contributed by atoms with van der Waals surface area (Å²) in [6.45, 7) is 7.24. The minimum Gasteiger partial charge on any atom is -0.302 e. The van der Waals surface area contributed by atoms with Crippen molar-refractivity contribution in [3.63, 3.8) is 0 Å². The zero-order valence-electron chi connectivity index (χ0n) is 9.87. The van der Waals surface area contributed by atoms with Crippen molar-refractivity contribution in [2.75, 3.05) is 25.4 Å². The summed E-state index contributed by atoms with van der Waals surface area (Å²) in [5, 5.41) is 8.81. The maximum absolute atomic E-state index is 8.81. The van der Waals surface area contributed by atoms with Crippen molar-refractivity contribution in [1.29, 1.82) is 5.26 Å². The Bertz CT molecular complexity index is 225. The van der Waals surface area contributed by atoms with Crippen LogP contribution in [-0.2, 0) is 0 Å². The van der Waals surface area contributed by atoms with E-state index in [0.717, 1.165) is 25.4 Å². The van der Waals surface area contributed by atoms with Gasteiger partial charge in [0.25, 0.3) is 0 Å². The lowest BCUT2D eigenvalue weighted by Crippen LogP contribution is -2.44. The summed E-state index contributed by atoms with van der Waals surface area (Å²) in [6, 6.07) is 2.31. The van der Waals surface area contributed by atoms with Gasteiger partial charge in [0.1, 0.15) is 0 Å². The van der Waals surface area contributed by atoms with E-state index in [9.17, 15) is 0 Å². The molecule has 0 N–H and O–H groups in total. The molecule has 0 aromatic carbocycles. The van der Waals surface area contributed by atoms with Crippen LogP contribution in [0.5, 0.6) is 0 Å². The Balaban J connectivity index is 2.42. The summed E-state index contributed by atoms with van der Waals surface area (Å²) in [4.78, 5) is 2.41. The third-order valence-corrected chi connectivity index (χ3v) is 4.18. The van der Waals surface area contributed by atoms with Gasteiger partial charge in [-0.25, -0.2) is 0 Å². The molecule has 3 heteroatoms. The van der Waals surface area contributed by atoms with Gasteiger partial charge in [-0.15, -0.1) is 0 Å². The fraction of sp³-hybridized carbons (Fsp3) is 0.917. The summed E-state index contributed by atoms with van der Waals surface area (Å²) < 4.78 is 0. The van der Waals surface area contributed by atoms with Crippen molar-refractivity contribution < 1.29 is 0 Å². The zero-order valence-corrected chi connectivity index (χ0v) is 10.8. The van der Waals surface area contributed by atoms with Gasteiger partial charge in [0.15, 0.2) is 0 Å². The number of hydrogen-bond donors (Lipinski definition) is 1. The van der Waals surface area contributed by atoms with E-state index in [0.29, 0.717) is 5.41 Å². The van der Waals surface area contributed by atoms with Gasteiger partial charge in [0, 0.05) is 13.1 Å². The number of nitrogens with zero attached hydrogens (tertiary/aromatic N) is 2. The van der Waals surface area contributed by atoms with Gasteiger partial charge in [0.2, 0.25) is 0 Å². The summed E-state index contributed by atoms with van der Waals surface area (Å²) in [7, 11) is 0. The van der Waals surface area contributed by atoms with Gasteiger partial charge in [-0.1, -0.05) is 13.3 Å². The quantitative estimate of drug-likeness (QED) is 0.705. The zero-order chi connectivity index (χ0) is 11.3. The molecule has 86 valence electrons. The molecule has 0 spiro atoms. The number of rotatable bonds is 6. The molecule has 0 radical (unpaired) electrons. The van der Waals surface area contributed by atoms with Crippen LogP contribution in [0.15, 0.2) is 0 Å². The lowest BCUT2D eigenvalue weighted by atomic mass is 9.70. The van der Waals surface area contributed by atoms with Crippen molar-refractivity contribution in [1.82, 2.24) is 4.90 Å². The van der Waals surface area contributed by atoms with E-state index in [-0.39, 0.29) is 5.92 Å². The Morgan fingerprint density at radius 1 is 1.53 bits per heavy atom. The van der Waals surface area contributed by atoms with E-state index in [1.54, 1.807) is 0 Å². The fourth-order valence-electron chi connectivity index (χ4n) is 2.25. The first kappa shape index (κ1) is 12.9. The molecule has 1 aliphatic carbocycles. The molecular formula is C12H22N2S. The Morgan fingerprint density at radius 3 is 2.53 bits per heavy atom. The minimum absolute atomic E-state index is 0.141. The van der Waals surface area contributed by atoms with Crippen LogP contribution >= 0.6 is 12.6 Å². The average molecular weight is 226 g/mol. The molecule has 0 heterocycles. The Labute approximate surface area is 99.1 Å². The van der Waals surface area contributed by atoms with E-state index < -0.39 is 0 Å². The molecule has 1 saturated carbocycles. The van der Waals surface area contributed by atoms with Crippen LogP contribution in [0.3, 0.4) is 0 Å². The molecule has 1 atom stereocenters. The van der Waals surface area contributed by atoms with Crippen molar-refractivity contribution >= 4 is 12.6 Å². The number of nitriles is 1. The highest BCUT2D eigenvalue weighted by Gasteiger charge is 2.36. The second-order valence-corrected chi connectivity index (χ2v) is 5.19. The first-order valence-electron chi connectivity index (χ1n) is 5.88. The molecule has 0 saturated heterocycles. The molecule has 0 bridgehead atoms. The van der Waals surface area contributed by atoms with E-state index in [4.69, 9.17) is 5.26 Å². The molecule has 1 rings (SSSR count). The maximum Gasteiger partial charge on any atom is 0.0666 e. The van der Waals surface area contributed by atoms with Crippen LogP contribution in [0.2, 0.25) is 0 Å². The topological polar surface area (TPSA) is 27.0 Å². The fourth-order valence-corrected chi connectivity index (χ4v) is 2.67. The van der Waals surface area contributed by atoms with Crippen LogP contribution in [0, 0.1) is 22.7 Å². The Morgan fingerprint density at radius 2 is 2.20 bits per heavy atom. The van der Waals surface area contributed by atoms with E-state index in [1.807, 2.05) is 6.92 Å². The highest BCUT2D eigenvalue weighted by atomic mass is 32.1. The van der Waals surface area contributed by atoms with Gasteiger partial charge >= 0.3 is 0 Å². The molecule has 1 unspecified atom stereocenters. The molecular weight excluding hydrogens is 204 g/mol. The molecule has 0 aromatic heterocycles. The number of thiol groups is 1. The van der Waals surface area contributed by atoms with Gasteiger partial charge in [0.05, 0.1) is 12.0 Å². The third kappa shape index (κ3) is 3.39. The van der Waals surface area contributed by atoms with E-state index >= 15 is 0 Å². The summed E-state index contributed by atoms with van der Waals surface area (Å²) in [5.41, 5.74) is 0.453. The van der Waals surface area contributed by atoms with Gasteiger partial charge < -0.3 is 4.90 Å².